The van der Waals surface area contributed by atoms with Gasteiger partial charge < -0.3 is 9.80 Å². The van der Waals surface area contributed by atoms with E-state index >= 15 is 8.78 Å². The van der Waals surface area contributed by atoms with Gasteiger partial charge in [0, 0.05) is 31.9 Å². The second-order valence-corrected chi connectivity index (χ2v) is 11.9. The molecule has 11 nitrogen and oxygen atoms in total. The zero-order valence-electron chi connectivity index (χ0n) is 25.6. The van der Waals surface area contributed by atoms with Crippen LogP contribution in [0.4, 0.5) is 14.6 Å². The molecule has 1 atom stereocenters. The molecule has 234 valence electrons. The Balaban J connectivity index is 1.57. The van der Waals surface area contributed by atoms with Crippen LogP contribution in [0.1, 0.15) is 43.6 Å². The molecule has 0 radical (unpaired) electrons. The lowest BCUT2D eigenvalue weighted by Gasteiger charge is -2.40. The Morgan fingerprint density at radius 2 is 1.93 bits per heavy atom. The Morgan fingerprint density at radius 1 is 1.11 bits per heavy atom. The number of piperazine rings is 1. The highest BCUT2D eigenvalue weighted by atomic mass is 19.1. The lowest BCUT2D eigenvalue weighted by molar-refractivity contribution is -0.126. The molecule has 0 saturated carbocycles. The fourth-order valence-electron chi connectivity index (χ4n) is 6.43. The fraction of sp³-hybridized carbons (Fsp3) is 0.303. The van der Waals surface area contributed by atoms with Crippen LogP contribution in [0.3, 0.4) is 0 Å². The summed E-state index contributed by atoms with van der Waals surface area (Å²) >= 11 is 0. The zero-order chi connectivity index (χ0) is 32.3. The number of nitrogens with zero attached hydrogens (tertiary/aromatic N) is 9. The predicted molar refractivity (Wildman–Crippen MR) is 168 cm³/mol. The number of fused-ring (bicyclic) bond motifs is 8. The predicted octanol–water partition coefficient (Wildman–Crippen LogP) is 4.15. The number of hydrogen-bond donors (Lipinski definition) is 0. The van der Waals surface area contributed by atoms with Crippen LogP contribution in [-0.2, 0) is 17.6 Å². The van der Waals surface area contributed by atoms with Crippen molar-refractivity contribution in [2.24, 2.45) is 0 Å². The molecule has 7 rings (SSSR count). The van der Waals surface area contributed by atoms with E-state index in [4.69, 9.17) is 4.98 Å². The number of amides is 1. The molecular formula is C33H31F2N9O2. The summed E-state index contributed by atoms with van der Waals surface area (Å²) in [6.45, 7) is 10.5. The maximum absolute atomic E-state index is 16.4. The number of pyridine rings is 2. The summed E-state index contributed by atoms with van der Waals surface area (Å²) in [6, 6.07) is 7.20. The van der Waals surface area contributed by atoms with E-state index in [1.54, 1.807) is 23.4 Å². The Kier molecular flexibility index (Phi) is 7.18. The summed E-state index contributed by atoms with van der Waals surface area (Å²) in [5.41, 5.74) is 1.92. The van der Waals surface area contributed by atoms with Crippen molar-refractivity contribution in [1.29, 1.82) is 0 Å². The van der Waals surface area contributed by atoms with E-state index in [1.165, 1.54) is 33.5 Å². The normalized spacial score (nSPS) is 16.1. The van der Waals surface area contributed by atoms with Crippen molar-refractivity contribution in [3.8, 4) is 22.6 Å². The third kappa shape index (κ3) is 4.73. The standard InChI is InChI=1S/C33H31F2N9O2/c1-5-26(45)41-13-14-42(19(4)16-41)31-22-15-24(35)29-27-23(34)7-6-8-25(27)43-17-21(39-40-43)10-9-20-11-12-36-28(18(2)3)30(20)44(32(22)37-29)33(46)38-31/h5-8,11-12,15,17-19H,1,9-10,13-14,16H2,2-4H3/t19-/m0/s1. The summed E-state index contributed by atoms with van der Waals surface area (Å²) < 4.78 is 34.9. The highest BCUT2D eigenvalue weighted by Crippen LogP contribution is 2.36. The SMILES string of the molecule is C=CC(=O)N1CCN(c2nc(=O)n3c4nc(c(F)cc24)-c2c(F)cccc2-n2cc(nn2)CCc2ccnc(C(C)C)c2-3)[C@@H](C)C1. The highest BCUT2D eigenvalue weighted by molar-refractivity contribution is 5.92. The van der Waals surface area contributed by atoms with Crippen molar-refractivity contribution in [1.82, 2.24) is 39.4 Å². The van der Waals surface area contributed by atoms with Gasteiger partial charge in [-0.25, -0.2) is 27.8 Å². The maximum Gasteiger partial charge on any atom is 0.355 e. The van der Waals surface area contributed by atoms with Gasteiger partial charge in [-0.05, 0) is 61.6 Å². The molecule has 1 aromatic carbocycles. The first-order chi connectivity index (χ1) is 22.2. The molecule has 0 unspecified atom stereocenters. The van der Waals surface area contributed by atoms with E-state index in [1.807, 2.05) is 31.7 Å². The largest absolute Gasteiger partial charge is 0.355 e. The molecule has 1 amide bonds. The molecule has 1 saturated heterocycles. The number of hydrogen-bond acceptors (Lipinski definition) is 8. The molecule has 1 fully saturated rings. The van der Waals surface area contributed by atoms with Gasteiger partial charge >= 0.3 is 5.69 Å². The highest BCUT2D eigenvalue weighted by Gasteiger charge is 2.31. The van der Waals surface area contributed by atoms with Gasteiger partial charge in [-0.3, -0.25) is 9.78 Å². The summed E-state index contributed by atoms with van der Waals surface area (Å²) in [5.74, 6) is -1.56. The van der Waals surface area contributed by atoms with Crippen molar-refractivity contribution in [3.05, 3.63) is 94.5 Å². The van der Waals surface area contributed by atoms with E-state index in [9.17, 15) is 9.59 Å². The number of rotatable bonds is 3. The molecule has 0 N–H and O–H groups in total. The quantitative estimate of drug-likeness (QED) is 0.276. The smallest absolute Gasteiger partial charge is 0.350 e. The molecule has 2 aliphatic heterocycles. The van der Waals surface area contributed by atoms with Gasteiger partial charge in [0.2, 0.25) is 5.91 Å². The van der Waals surface area contributed by atoms with E-state index in [0.29, 0.717) is 49.6 Å². The molecule has 13 heteroatoms. The van der Waals surface area contributed by atoms with Crippen molar-refractivity contribution in [2.45, 2.75) is 45.6 Å². The van der Waals surface area contributed by atoms with E-state index in [0.717, 1.165) is 5.56 Å². The van der Waals surface area contributed by atoms with Crippen molar-refractivity contribution >= 4 is 22.8 Å². The average Bonchev–Trinajstić information content (AvgIpc) is 3.52. The molecule has 0 aliphatic carbocycles. The number of carbonyl (C=O) groups excluding carboxylic acids is 1. The Labute approximate surface area is 262 Å². The van der Waals surface area contributed by atoms with Crippen LogP contribution in [0.2, 0.25) is 0 Å². The fourth-order valence-corrected chi connectivity index (χ4v) is 6.43. The zero-order valence-corrected chi connectivity index (χ0v) is 25.6. The van der Waals surface area contributed by atoms with Crippen LogP contribution in [0.25, 0.3) is 33.7 Å². The number of halogens is 2. The number of benzene rings is 1. The minimum absolute atomic E-state index is 0.0956. The second-order valence-electron chi connectivity index (χ2n) is 11.9. The monoisotopic (exact) mass is 623 g/mol. The van der Waals surface area contributed by atoms with Gasteiger partial charge in [-0.1, -0.05) is 31.7 Å². The molecule has 6 heterocycles. The summed E-state index contributed by atoms with van der Waals surface area (Å²) in [7, 11) is 0. The van der Waals surface area contributed by atoms with Gasteiger partial charge in [-0.15, -0.1) is 5.10 Å². The molecule has 2 aliphatic rings. The first-order valence-electron chi connectivity index (χ1n) is 15.2. The minimum Gasteiger partial charge on any atom is -0.350 e. The molecule has 4 bridgehead atoms. The van der Waals surface area contributed by atoms with E-state index < -0.39 is 17.3 Å². The van der Waals surface area contributed by atoms with Gasteiger partial charge in [-0.2, -0.15) is 4.98 Å². The van der Waals surface area contributed by atoms with Crippen molar-refractivity contribution < 1.29 is 13.6 Å². The number of anilines is 1. The van der Waals surface area contributed by atoms with Crippen LogP contribution in [0, 0.1) is 11.6 Å². The third-order valence-electron chi connectivity index (χ3n) is 8.66. The van der Waals surface area contributed by atoms with Crippen LogP contribution in [0.15, 0.2) is 60.2 Å². The van der Waals surface area contributed by atoms with E-state index in [-0.39, 0.29) is 51.7 Å². The number of aromatic nitrogens is 7. The van der Waals surface area contributed by atoms with Crippen LogP contribution in [-0.4, -0.2) is 71.0 Å². The molecule has 0 spiro atoms. The molecular weight excluding hydrogens is 592 g/mol. The Hall–Kier alpha value is -5.33. The second kappa shape index (κ2) is 11.2. The van der Waals surface area contributed by atoms with Crippen LogP contribution >= 0.6 is 0 Å². The molecule has 46 heavy (non-hydrogen) atoms. The minimum atomic E-state index is -0.800. The van der Waals surface area contributed by atoms with Crippen molar-refractivity contribution in [3.63, 3.8) is 0 Å². The third-order valence-corrected chi connectivity index (χ3v) is 8.66. The molecule has 4 aromatic heterocycles. The molecule has 5 aromatic rings. The van der Waals surface area contributed by atoms with Gasteiger partial charge in [0.15, 0.2) is 11.5 Å². The average molecular weight is 624 g/mol. The Bertz CT molecular complexity index is 2110. The van der Waals surface area contributed by atoms with Crippen molar-refractivity contribution in [2.75, 3.05) is 24.5 Å². The van der Waals surface area contributed by atoms with E-state index in [2.05, 4.69) is 26.9 Å². The first-order valence-corrected chi connectivity index (χ1v) is 15.2. The van der Waals surface area contributed by atoms with Crippen LogP contribution in [0.5, 0.6) is 0 Å². The lowest BCUT2D eigenvalue weighted by atomic mass is 10.00. The maximum atomic E-state index is 16.4. The number of aryl methyl sites for hydroxylation is 2. The lowest BCUT2D eigenvalue weighted by Crippen LogP contribution is -2.54. The summed E-state index contributed by atoms with van der Waals surface area (Å²) in [6.07, 6.45) is 5.60. The summed E-state index contributed by atoms with van der Waals surface area (Å²) in [5, 5.41) is 8.79. The number of carbonyl (C=O) groups is 1. The van der Waals surface area contributed by atoms with Gasteiger partial charge in [0.1, 0.15) is 17.3 Å². The first kappa shape index (κ1) is 29.4. The summed E-state index contributed by atoms with van der Waals surface area (Å²) in [4.78, 5) is 44.1. The van der Waals surface area contributed by atoms with Gasteiger partial charge in [0.25, 0.3) is 0 Å². The topological polar surface area (TPSA) is 115 Å². The van der Waals surface area contributed by atoms with Crippen LogP contribution < -0.4 is 10.6 Å². The van der Waals surface area contributed by atoms with Gasteiger partial charge in [0.05, 0.1) is 39.9 Å². The Morgan fingerprint density at radius 3 is 2.70 bits per heavy atom.